The molecule has 1 N–H and O–H groups in total. The predicted octanol–water partition coefficient (Wildman–Crippen LogP) is 3.41. The molecule has 0 saturated carbocycles. The summed E-state index contributed by atoms with van der Waals surface area (Å²) in [7, 11) is 0. The molecule has 1 unspecified atom stereocenters. The zero-order valence-electron chi connectivity index (χ0n) is 9.56. The van der Waals surface area contributed by atoms with Crippen molar-refractivity contribution in [2.75, 3.05) is 6.54 Å². The molecule has 0 aliphatic carbocycles. The van der Waals surface area contributed by atoms with Crippen LogP contribution < -0.4 is 5.32 Å². The van der Waals surface area contributed by atoms with E-state index in [1.165, 1.54) is 15.4 Å². The van der Waals surface area contributed by atoms with E-state index in [0.29, 0.717) is 6.04 Å². The lowest BCUT2D eigenvalue weighted by Gasteiger charge is -2.16. The Morgan fingerprint density at radius 2 is 2.25 bits per heavy atom. The fourth-order valence-corrected chi connectivity index (χ4v) is 3.44. The Bertz CT molecular complexity index is 420. The van der Waals surface area contributed by atoms with Crippen LogP contribution in [0.15, 0.2) is 23.0 Å². The molecule has 2 rings (SSSR count). The zero-order valence-corrected chi connectivity index (χ0v) is 11.2. The summed E-state index contributed by atoms with van der Waals surface area (Å²) in [6.45, 7) is 5.32. The Balaban J connectivity index is 2.14. The maximum atomic E-state index is 4.36. The number of rotatable bonds is 5. The molecule has 4 heteroatoms. The number of likely N-dealkylation sites (N-methyl/N-ethyl adjacent to an activating group) is 1. The first-order valence-electron chi connectivity index (χ1n) is 5.47. The van der Waals surface area contributed by atoms with Crippen molar-refractivity contribution in [3.05, 3.63) is 38.5 Å². The lowest BCUT2D eigenvalue weighted by atomic mass is 10.1. The van der Waals surface area contributed by atoms with Crippen LogP contribution >= 0.6 is 22.7 Å². The molecule has 2 nitrogen and oxygen atoms in total. The lowest BCUT2D eigenvalue weighted by Crippen LogP contribution is -2.22. The monoisotopic (exact) mass is 252 g/mol. The molecule has 0 aliphatic heterocycles. The van der Waals surface area contributed by atoms with Gasteiger partial charge < -0.3 is 5.32 Å². The largest absolute Gasteiger partial charge is 0.309 e. The maximum Gasteiger partial charge on any atom is 0.0944 e. The molecule has 2 aromatic rings. The predicted molar refractivity (Wildman–Crippen MR) is 71.3 cm³/mol. The maximum absolute atomic E-state index is 4.36. The minimum atomic E-state index is 0.413. The average molecular weight is 252 g/mol. The minimum Gasteiger partial charge on any atom is -0.309 e. The number of nitrogens with zero attached hydrogens (tertiary/aromatic N) is 1. The smallest absolute Gasteiger partial charge is 0.0944 e. The lowest BCUT2D eigenvalue weighted by molar-refractivity contribution is 0.555. The molecule has 0 fully saturated rings. The summed E-state index contributed by atoms with van der Waals surface area (Å²) in [5.41, 5.74) is 1.38. The summed E-state index contributed by atoms with van der Waals surface area (Å²) in [4.78, 5) is 5.80. The minimum absolute atomic E-state index is 0.413. The molecule has 0 saturated heterocycles. The highest BCUT2D eigenvalue weighted by Crippen LogP contribution is 2.27. The van der Waals surface area contributed by atoms with E-state index in [1.54, 1.807) is 11.3 Å². The number of hydrogen-bond donors (Lipinski definition) is 1. The molecule has 0 aliphatic rings. The molecule has 86 valence electrons. The van der Waals surface area contributed by atoms with E-state index >= 15 is 0 Å². The second-order valence-corrected chi connectivity index (χ2v) is 5.63. The van der Waals surface area contributed by atoms with Gasteiger partial charge in [-0.1, -0.05) is 6.92 Å². The Morgan fingerprint density at radius 1 is 1.38 bits per heavy atom. The Hall–Kier alpha value is -0.710. The van der Waals surface area contributed by atoms with E-state index in [0.717, 1.165) is 13.0 Å². The van der Waals surface area contributed by atoms with Gasteiger partial charge in [0.1, 0.15) is 0 Å². The van der Waals surface area contributed by atoms with Gasteiger partial charge in [-0.15, -0.1) is 22.7 Å². The summed E-state index contributed by atoms with van der Waals surface area (Å²) >= 11 is 3.57. The van der Waals surface area contributed by atoms with E-state index < -0.39 is 0 Å². The molecular formula is C12H16N2S2. The van der Waals surface area contributed by atoms with Crippen molar-refractivity contribution in [1.82, 2.24) is 10.3 Å². The van der Waals surface area contributed by atoms with Crippen LogP contribution in [0.3, 0.4) is 0 Å². The van der Waals surface area contributed by atoms with Crippen molar-refractivity contribution < 1.29 is 0 Å². The van der Waals surface area contributed by atoms with Gasteiger partial charge in [0.2, 0.25) is 0 Å². The van der Waals surface area contributed by atoms with E-state index in [4.69, 9.17) is 0 Å². The van der Waals surface area contributed by atoms with E-state index in [9.17, 15) is 0 Å². The van der Waals surface area contributed by atoms with Gasteiger partial charge in [0.25, 0.3) is 0 Å². The third-order valence-corrected chi connectivity index (χ3v) is 4.47. The summed E-state index contributed by atoms with van der Waals surface area (Å²) in [6, 6.07) is 2.60. The summed E-state index contributed by atoms with van der Waals surface area (Å²) in [6.07, 6.45) is 2.87. The van der Waals surface area contributed by atoms with Crippen LogP contribution in [0, 0.1) is 6.92 Å². The Kier molecular flexibility index (Phi) is 4.09. The van der Waals surface area contributed by atoms with Crippen LogP contribution in [0.1, 0.15) is 28.4 Å². The van der Waals surface area contributed by atoms with Gasteiger partial charge in [0.05, 0.1) is 5.01 Å². The van der Waals surface area contributed by atoms with Crippen LogP contribution in [0.25, 0.3) is 0 Å². The van der Waals surface area contributed by atoms with Gasteiger partial charge in [-0.3, -0.25) is 0 Å². The van der Waals surface area contributed by atoms with Crippen LogP contribution in [-0.4, -0.2) is 11.5 Å². The highest BCUT2D eigenvalue weighted by molar-refractivity contribution is 7.10. The summed E-state index contributed by atoms with van der Waals surface area (Å²) in [5, 5.41) is 8.95. The van der Waals surface area contributed by atoms with Gasteiger partial charge in [-0.2, -0.15) is 0 Å². The second-order valence-electron chi connectivity index (χ2n) is 3.71. The number of hydrogen-bond acceptors (Lipinski definition) is 4. The molecule has 1 atom stereocenters. The van der Waals surface area contributed by atoms with Crippen LogP contribution in [0.4, 0.5) is 0 Å². The van der Waals surface area contributed by atoms with Crippen molar-refractivity contribution in [3.63, 3.8) is 0 Å². The molecule has 0 amide bonds. The van der Waals surface area contributed by atoms with E-state index in [1.807, 2.05) is 22.9 Å². The second kappa shape index (κ2) is 5.57. The molecule has 2 aromatic heterocycles. The zero-order chi connectivity index (χ0) is 11.4. The van der Waals surface area contributed by atoms with Crippen LogP contribution in [0.2, 0.25) is 0 Å². The fraction of sp³-hybridized carbons (Fsp3) is 0.417. The van der Waals surface area contributed by atoms with Crippen molar-refractivity contribution in [2.24, 2.45) is 0 Å². The molecule has 0 bridgehead atoms. The fourth-order valence-electron chi connectivity index (χ4n) is 1.77. The van der Waals surface area contributed by atoms with Gasteiger partial charge >= 0.3 is 0 Å². The molecule has 0 spiro atoms. The number of aryl methyl sites for hydroxylation is 1. The first kappa shape index (κ1) is 11.8. The number of thiazole rings is 1. The quantitative estimate of drug-likeness (QED) is 0.882. The summed E-state index contributed by atoms with van der Waals surface area (Å²) in [5.74, 6) is 0. The number of thiophene rings is 1. The standard InChI is InChI=1S/C12H16N2S2/c1-3-13-10(8-11-14-5-7-15-11)12-9(2)4-6-16-12/h4-7,10,13H,3,8H2,1-2H3. The third kappa shape index (κ3) is 2.70. The third-order valence-electron chi connectivity index (χ3n) is 2.53. The van der Waals surface area contributed by atoms with E-state index in [2.05, 4.69) is 35.6 Å². The van der Waals surface area contributed by atoms with Crippen molar-refractivity contribution in [2.45, 2.75) is 26.3 Å². The Morgan fingerprint density at radius 3 is 2.81 bits per heavy atom. The molecule has 0 radical (unpaired) electrons. The van der Waals surface area contributed by atoms with Crippen LogP contribution in [-0.2, 0) is 6.42 Å². The highest BCUT2D eigenvalue weighted by atomic mass is 32.1. The van der Waals surface area contributed by atoms with Gasteiger partial charge in [-0.05, 0) is 30.5 Å². The van der Waals surface area contributed by atoms with Gasteiger partial charge in [0.15, 0.2) is 0 Å². The van der Waals surface area contributed by atoms with Crippen LogP contribution in [0.5, 0.6) is 0 Å². The van der Waals surface area contributed by atoms with Crippen molar-refractivity contribution in [3.8, 4) is 0 Å². The van der Waals surface area contributed by atoms with Crippen molar-refractivity contribution >= 4 is 22.7 Å². The SMILES string of the molecule is CCNC(Cc1nccs1)c1sccc1C. The summed E-state index contributed by atoms with van der Waals surface area (Å²) < 4.78 is 0. The number of aromatic nitrogens is 1. The normalized spacial score (nSPS) is 12.9. The highest BCUT2D eigenvalue weighted by Gasteiger charge is 2.15. The topological polar surface area (TPSA) is 24.9 Å². The van der Waals surface area contributed by atoms with Gasteiger partial charge in [-0.25, -0.2) is 4.98 Å². The molecule has 0 aromatic carbocycles. The first-order chi connectivity index (χ1) is 7.81. The first-order valence-corrected chi connectivity index (χ1v) is 7.23. The average Bonchev–Trinajstić information content (AvgIpc) is 2.88. The number of nitrogens with one attached hydrogen (secondary N) is 1. The molecular weight excluding hydrogens is 236 g/mol. The van der Waals surface area contributed by atoms with Crippen molar-refractivity contribution in [1.29, 1.82) is 0 Å². The van der Waals surface area contributed by atoms with Gasteiger partial charge in [0, 0.05) is 28.9 Å². The molecule has 16 heavy (non-hydrogen) atoms. The Labute approximate surface area is 104 Å². The van der Waals surface area contributed by atoms with E-state index in [-0.39, 0.29) is 0 Å². The molecule has 2 heterocycles.